The van der Waals surface area contributed by atoms with E-state index in [1.54, 1.807) is 11.3 Å². The quantitative estimate of drug-likeness (QED) is 0.570. The molecule has 4 heteroatoms. The first-order valence-electron chi connectivity index (χ1n) is 7.55. The smallest absolute Gasteiger partial charge is 0.180 e. The average Bonchev–Trinajstić information content (AvgIpc) is 3.05. The van der Waals surface area contributed by atoms with Crippen LogP contribution in [0.4, 0.5) is 0 Å². The second-order valence-electron chi connectivity index (χ2n) is 5.24. The summed E-state index contributed by atoms with van der Waals surface area (Å²) in [6.45, 7) is 1.73. The Morgan fingerprint density at radius 2 is 1.83 bits per heavy atom. The van der Waals surface area contributed by atoms with Crippen molar-refractivity contribution in [2.45, 2.75) is 13.0 Å². The van der Waals surface area contributed by atoms with Gasteiger partial charge in [0, 0.05) is 11.6 Å². The van der Waals surface area contributed by atoms with E-state index in [9.17, 15) is 0 Å². The van der Waals surface area contributed by atoms with Gasteiger partial charge in [0.05, 0.1) is 0 Å². The van der Waals surface area contributed by atoms with Gasteiger partial charge in [-0.05, 0) is 65.9 Å². The molecule has 2 aromatic carbocycles. The van der Waals surface area contributed by atoms with E-state index in [0.717, 1.165) is 35.3 Å². The fourth-order valence-electron chi connectivity index (χ4n) is 2.31. The molecule has 1 N–H and O–H groups in total. The van der Waals surface area contributed by atoms with Crippen LogP contribution in [-0.4, -0.2) is 6.54 Å². The predicted octanol–water partition coefficient (Wildman–Crippen LogP) is 5.53. The highest BCUT2D eigenvalue weighted by atomic mass is 35.5. The Kier molecular flexibility index (Phi) is 5.70. The molecular weight excluding hydrogens is 326 g/mol. The van der Waals surface area contributed by atoms with Crippen LogP contribution in [0.25, 0.3) is 0 Å². The molecule has 0 aliphatic heterocycles. The molecule has 1 aromatic heterocycles. The first-order valence-corrected chi connectivity index (χ1v) is 8.81. The van der Waals surface area contributed by atoms with Gasteiger partial charge in [-0.1, -0.05) is 35.9 Å². The molecule has 0 saturated heterocycles. The van der Waals surface area contributed by atoms with Crippen molar-refractivity contribution < 1.29 is 4.74 Å². The minimum atomic E-state index is 0.793. The molecular formula is C19H18ClNOS. The number of halogens is 1. The van der Waals surface area contributed by atoms with Crippen LogP contribution in [0.2, 0.25) is 5.02 Å². The van der Waals surface area contributed by atoms with Gasteiger partial charge >= 0.3 is 0 Å². The largest absolute Gasteiger partial charge is 0.447 e. The summed E-state index contributed by atoms with van der Waals surface area (Å²) in [4.78, 5) is 0. The van der Waals surface area contributed by atoms with Gasteiger partial charge in [-0.3, -0.25) is 0 Å². The van der Waals surface area contributed by atoms with Crippen molar-refractivity contribution in [1.29, 1.82) is 0 Å². The molecule has 3 aromatic rings. The molecule has 0 aliphatic carbocycles. The lowest BCUT2D eigenvalue weighted by atomic mass is 10.1. The van der Waals surface area contributed by atoms with E-state index in [4.69, 9.17) is 16.3 Å². The summed E-state index contributed by atoms with van der Waals surface area (Å²) < 4.78 is 5.82. The summed E-state index contributed by atoms with van der Waals surface area (Å²) >= 11 is 7.59. The van der Waals surface area contributed by atoms with Gasteiger partial charge in [0.2, 0.25) is 0 Å². The highest BCUT2D eigenvalue weighted by Gasteiger charge is 2.00. The fourth-order valence-corrected chi connectivity index (χ4v) is 3.12. The van der Waals surface area contributed by atoms with E-state index in [2.05, 4.69) is 23.5 Å². The zero-order valence-corrected chi connectivity index (χ0v) is 14.2. The van der Waals surface area contributed by atoms with Crippen LogP contribution in [0.1, 0.15) is 11.1 Å². The SMILES string of the molecule is Clc1cccc(CCNCc2cccc(Oc3cccs3)c2)c1. The molecule has 0 saturated carbocycles. The van der Waals surface area contributed by atoms with Crippen LogP contribution >= 0.6 is 22.9 Å². The molecule has 2 nitrogen and oxygen atoms in total. The van der Waals surface area contributed by atoms with Crippen LogP contribution in [0.5, 0.6) is 10.8 Å². The van der Waals surface area contributed by atoms with E-state index in [-0.39, 0.29) is 0 Å². The maximum absolute atomic E-state index is 6.00. The molecule has 3 rings (SSSR count). The van der Waals surface area contributed by atoms with Gasteiger partial charge in [0.15, 0.2) is 5.06 Å². The molecule has 0 spiro atoms. The van der Waals surface area contributed by atoms with Gasteiger partial charge < -0.3 is 10.1 Å². The van der Waals surface area contributed by atoms with Gasteiger partial charge in [-0.15, -0.1) is 11.3 Å². The van der Waals surface area contributed by atoms with Crippen molar-refractivity contribution in [3.8, 4) is 10.8 Å². The van der Waals surface area contributed by atoms with Crippen molar-refractivity contribution >= 4 is 22.9 Å². The van der Waals surface area contributed by atoms with E-state index in [1.807, 2.05) is 47.8 Å². The maximum Gasteiger partial charge on any atom is 0.180 e. The third kappa shape index (κ3) is 5.10. The molecule has 0 bridgehead atoms. The normalized spacial score (nSPS) is 10.7. The summed E-state index contributed by atoms with van der Waals surface area (Å²) in [7, 11) is 0. The fraction of sp³-hybridized carbons (Fsp3) is 0.158. The third-order valence-electron chi connectivity index (χ3n) is 3.42. The van der Waals surface area contributed by atoms with Crippen LogP contribution < -0.4 is 10.1 Å². The summed E-state index contributed by atoms with van der Waals surface area (Å²) in [6.07, 6.45) is 0.964. The summed E-state index contributed by atoms with van der Waals surface area (Å²) in [5, 5.41) is 7.18. The maximum atomic E-state index is 6.00. The molecule has 0 unspecified atom stereocenters. The Labute approximate surface area is 145 Å². The molecule has 0 radical (unpaired) electrons. The molecule has 0 amide bonds. The van der Waals surface area contributed by atoms with Crippen molar-refractivity contribution in [3.05, 3.63) is 82.2 Å². The number of rotatable bonds is 7. The summed E-state index contributed by atoms with van der Waals surface area (Å²) in [5.74, 6) is 0.876. The standard InChI is InChI=1S/C19H18ClNOS/c20-17-6-1-4-15(12-17)9-10-21-14-16-5-2-7-18(13-16)22-19-8-3-11-23-19/h1-8,11-13,21H,9-10,14H2. The first kappa shape index (κ1) is 16.1. The third-order valence-corrected chi connectivity index (χ3v) is 4.40. The van der Waals surface area contributed by atoms with Crippen LogP contribution in [0.3, 0.4) is 0 Å². The number of benzene rings is 2. The second-order valence-corrected chi connectivity index (χ2v) is 6.58. The minimum absolute atomic E-state index is 0.793. The van der Waals surface area contributed by atoms with Crippen LogP contribution in [0.15, 0.2) is 66.0 Å². The zero-order chi connectivity index (χ0) is 15.9. The monoisotopic (exact) mass is 343 g/mol. The zero-order valence-electron chi connectivity index (χ0n) is 12.7. The number of hydrogen-bond acceptors (Lipinski definition) is 3. The van der Waals surface area contributed by atoms with Crippen molar-refractivity contribution in [2.75, 3.05) is 6.54 Å². The van der Waals surface area contributed by atoms with Crippen LogP contribution in [-0.2, 0) is 13.0 Å². The summed E-state index contributed by atoms with van der Waals surface area (Å²) in [6, 6.07) is 20.1. The van der Waals surface area contributed by atoms with E-state index < -0.39 is 0 Å². The van der Waals surface area contributed by atoms with Crippen molar-refractivity contribution in [3.63, 3.8) is 0 Å². The number of nitrogens with one attached hydrogen (secondary N) is 1. The molecule has 118 valence electrons. The van der Waals surface area contributed by atoms with Crippen LogP contribution in [0, 0.1) is 0 Å². The molecule has 0 aliphatic rings. The number of thiophene rings is 1. The van der Waals surface area contributed by atoms with E-state index >= 15 is 0 Å². The van der Waals surface area contributed by atoms with Gasteiger partial charge in [0.25, 0.3) is 0 Å². The van der Waals surface area contributed by atoms with E-state index in [0.29, 0.717) is 0 Å². The first-order chi connectivity index (χ1) is 11.3. The lowest BCUT2D eigenvalue weighted by molar-refractivity contribution is 0.495. The molecule has 0 atom stereocenters. The Balaban J connectivity index is 1.48. The molecule has 23 heavy (non-hydrogen) atoms. The Morgan fingerprint density at radius 1 is 0.957 bits per heavy atom. The topological polar surface area (TPSA) is 21.3 Å². The number of ether oxygens (including phenoxy) is 1. The lowest BCUT2D eigenvalue weighted by Crippen LogP contribution is -2.16. The highest BCUT2D eigenvalue weighted by molar-refractivity contribution is 7.11. The Hall–Kier alpha value is -1.81. The highest BCUT2D eigenvalue weighted by Crippen LogP contribution is 2.26. The minimum Gasteiger partial charge on any atom is -0.447 e. The molecule has 0 fully saturated rings. The number of hydrogen-bond donors (Lipinski definition) is 1. The van der Waals surface area contributed by atoms with E-state index in [1.165, 1.54) is 11.1 Å². The van der Waals surface area contributed by atoms with Gasteiger partial charge in [0.1, 0.15) is 5.75 Å². The Morgan fingerprint density at radius 3 is 2.65 bits per heavy atom. The molecule has 1 heterocycles. The summed E-state index contributed by atoms with van der Waals surface area (Å²) in [5.41, 5.74) is 2.46. The van der Waals surface area contributed by atoms with Gasteiger partial charge in [-0.25, -0.2) is 0 Å². The average molecular weight is 344 g/mol. The second kappa shape index (κ2) is 8.16. The lowest BCUT2D eigenvalue weighted by Gasteiger charge is -2.08. The van der Waals surface area contributed by atoms with Gasteiger partial charge in [-0.2, -0.15) is 0 Å². The van der Waals surface area contributed by atoms with Crippen molar-refractivity contribution in [1.82, 2.24) is 5.32 Å². The Bertz CT molecular complexity index is 743. The predicted molar refractivity (Wildman–Crippen MR) is 97.7 cm³/mol. The van der Waals surface area contributed by atoms with Crippen molar-refractivity contribution in [2.24, 2.45) is 0 Å².